The number of fused-ring (bicyclic) bond motifs is 3. The lowest BCUT2D eigenvalue weighted by molar-refractivity contribution is -0.136. The number of carbonyl (C=O) groups is 2. The fourth-order valence-corrected chi connectivity index (χ4v) is 3.72. The van der Waals surface area contributed by atoms with E-state index in [-0.39, 0.29) is 11.9 Å². The maximum atomic E-state index is 12.9. The molecule has 1 fully saturated rings. The quantitative estimate of drug-likeness (QED) is 0.839. The first-order chi connectivity index (χ1) is 12.1. The molecule has 25 heavy (non-hydrogen) atoms. The van der Waals surface area contributed by atoms with Crippen molar-refractivity contribution in [3.05, 3.63) is 42.1 Å². The Bertz CT molecular complexity index is 788. The van der Waals surface area contributed by atoms with Gasteiger partial charge in [0.05, 0.1) is 5.70 Å². The number of imide groups is 1. The van der Waals surface area contributed by atoms with Gasteiger partial charge in [0.25, 0.3) is 5.91 Å². The Morgan fingerprint density at radius 3 is 2.36 bits per heavy atom. The summed E-state index contributed by atoms with van der Waals surface area (Å²) in [4.78, 5) is 36.9. The summed E-state index contributed by atoms with van der Waals surface area (Å²) < 4.78 is 0. The molecule has 0 aromatic heterocycles. The molecule has 3 heterocycles. The average Bonchev–Trinajstić information content (AvgIpc) is 3.17. The van der Waals surface area contributed by atoms with E-state index in [2.05, 4.69) is 11.8 Å². The minimum atomic E-state index is -0.493. The van der Waals surface area contributed by atoms with E-state index in [1.165, 1.54) is 4.90 Å². The second-order valence-corrected chi connectivity index (χ2v) is 6.30. The van der Waals surface area contributed by atoms with Crippen LogP contribution >= 0.6 is 0 Å². The Morgan fingerprint density at radius 1 is 1.04 bits per heavy atom. The highest BCUT2D eigenvalue weighted by molar-refractivity contribution is 6.06. The molecule has 2 unspecified atom stereocenters. The number of rotatable bonds is 3. The zero-order valence-corrected chi connectivity index (χ0v) is 14.6. The highest BCUT2D eigenvalue weighted by Crippen LogP contribution is 2.36. The molecule has 7 nitrogen and oxygen atoms in total. The van der Waals surface area contributed by atoms with E-state index in [1.807, 2.05) is 48.4 Å². The summed E-state index contributed by atoms with van der Waals surface area (Å²) >= 11 is 0. The van der Waals surface area contributed by atoms with Gasteiger partial charge in [-0.1, -0.05) is 30.3 Å². The van der Waals surface area contributed by atoms with E-state index in [1.54, 1.807) is 11.9 Å². The topological polar surface area (TPSA) is 59.5 Å². The summed E-state index contributed by atoms with van der Waals surface area (Å²) in [6, 6.07) is 9.29. The van der Waals surface area contributed by atoms with E-state index in [0.29, 0.717) is 6.54 Å². The number of nitrogens with zero attached hydrogens (tertiary/aromatic N) is 5. The van der Waals surface area contributed by atoms with Crippen molar-refractivity contribution in [3.8, 4) is 0 Å². The molecule has 4 rings (SSSR count). The van der Waals surface area contributed by atoms with Gasteiger partial charge in [-0.25, -0.2) is 9.79 Å². The molecule has 1 aromatic carbocycles. The molecular weight excluding hydrogens is 318 g/mol. The lowest BCUT2D eigenvalue weighted by atomic mass is 10.1. The standard InChI is InChI=1S/C18H21N5O2/c1-4-21-13(12-9-7-6-8-10-12)11-23-14-15(19-17(21)23)20(3)18(25)22(5-2)16(14)24/h6-11,14-15H,4-5H2,1-3H3. The average molecular weight is 339 g/mol. The summed E-state index contributed by atoms with van der Waals surface area (Å²) in [6.45, 7) is 4.97. The summed E-state index contributed by atoms with van der Waals surface area (Å²) in [7, 11) is 1.71. The number of likely N-dealkylation sites (N-methyl/N-ethyl adjacent to an activating group) is 2. The summed E-state index contributed by atoms with van der Waals surface area (Å²) in [5, 5.41) is 0. The van der Waals surface area contributed by atoms with Crippen molar-refractivity contribution >= 4 is 23.6 Å². The molecule has 0 N–H and O–H groups in total. The van der Waals surface area contributed by atoms with Gasteiger partial charge in [0.15, 0.2) is 12.2 Å². The van der Waals surface area contributed by atoms with Crippen molar-refractivity contribution in [2.75, 3.05) is 20.1 Å². The van der Waals surface area contributed by atoms with E-state index in [9.17, 15) is 9.59 Å². The van der Waals surface area contributed by atoms with Crippen molar-refractivity contribution in [1.82, 2.24) is 19.6 Å². The lowest BCUT2D eigenvalue weighted by Crippen LogP contribution is -2.64. The molecule has 0 spiro atoms. The van der Waals surface area contributed by atoms with Gasteiger partial charge in [0.2, 0.25) is 5.96 Å². The number of hydrogen-bond acceptors (Lipinski definition) is 5. The third kappa shape index (κ3) is 2.08. The molecule has 0 radical (unpaired) electrons. The van der Waals surface area contributed by atoms with Crippen molar-refractivity contribution in [1.29, 1.82) is 0 Å². The molecular formula is C18H21N5O2. The molecule has 0 bridgehead atoms. The van der Waals surface area contributed by atoms with Gasteiger partial charge in [-0.2, -0.15) is 0 Å². The van der Waals surface area contributed by atoms with E-state index in [0.717, 1.165) is 23.8 Å². The minimum Gasteiger partial charge on any atom is -0.310 e. The fraction of sp³-hybridized carbons (Fsp3) is 0.389. The van der Waals surface area contributed by atoms with Gasteiger partial charge < -0.3 is 14.7 Å². The maximum Gasteiger partial charge on any atom is 0.328 e. The second kappa shape index (κ2) is 5.61. The Kier molecular flexibility index (Phi) is 3.52. The molecule has 3 aliphatic heterocycles. The van der Waals surface area contributed by atoms with Crippen molar-refractivity contribution in [2.45, 2.75) is 26.1 Å². The SMILES string of the molecule is CCN1C(=O)C2C(N=C3N(CC)C(c4ccccc4)=CN32)N(C)C1=O. The van der Waals surface area contributed by atoms with Crippen LogP contribution in [0.5, 0.6) is 0 Å². The van der Waals surface area contributed by atoms with Crippen molar-refractivity contribution < 1.29 is 9.59 Å². The molecule has 130 valence electrons. The Morgan fingerprint density at radius 2 is 1.72 bits per heavy atom. The number of guanidine groups is 1. The first-order valence-electron chi connectivity index (χ1n) is 8.57. The summed E-state index contributed by atoms with van der Waals surface area (Å²) in [6.07, 6.45) is 1.51. The van der Waals surface area contributed by atoms with Crippen LogP contribution in [0.25, 0.3) is 5.70 Å². The highest BCUT2D eigenvalue weighted by Gasteiger charge is 2.54. The van der Waals surface area contributed by atoms with Crippen LogP contribution in [0.3, 0.4) is 0 Å². The monoisotopic (exact) mass is 339 g/mol. The van der Waals surface area contributed by atoms with E-state index < -0.39 is 12.2 Å². The van der Waals surface area contributed by atoms with Crippen LogP contribution in [0.15, 0.2) is 41.5 Å². The highest BCUT2D eigenvalue weighted by atomic mass is 16.2. The number of urea groups is 1. The van der Waals surface area contributed by atoms with Gasteiger partial charge in [-0.05, 0) is 19.4 Å². The summed E-state index contributed by atoms with van der Waals surface area (Å²) in [5.74, 6) is 0.554. The molecule has 2 atom stereocenters. The summed E-state index contributed by atoms with van der Waals surface area (Å²) in [5.41, 5.74) is 2.11. The molecule has 1 aromatic rings. The first-order valence-corrected chi connectivity index (χ1v) is 8.57. The molecule has 7 heteroatoms. The fourth-order valence-electron chi connectivity index (χ4n) is 3.72. The molecule has 0 aliphatic carbocycles. The van der Waals surface area contributed by atoms with Gasteiger partial charge >= 0.3 is 6.03 Å². The minimum absolute atomic E-state index is 0.184. The molecule has 0 saturated carbocycles. The predicted octanol–water partition coefficient (Wildman–Crippen LogP) is 1.60. The lowest BCUT2D eigenvalue weighted by Gasteiger charge is -2.39. The van der Waals surface area contributed by atoms with Crippen LogP contribution < -0.4 is 0 Å². The van der Waals surface area contributed by atoms with Crippen LogP contribution in [-0.2, 0) is 4.79 Å². The number of amides is 3. The zero-order chi connectivity index (χ0) is 17.7. The van der Waals surface area contributed by atoms with Crippen molar-refractivity contribution in [3.63, 3.8) is 0 Å². The Labute approximate surface area is 146 Å². The number of aliphatic imine (C=N–C) groups is 1. The predicted molar refractivity (Wildman–Crippen MR) is 94.2 cm³/mol. The molecule has 1 saturated heterocycles. The van der Waals surface area contributed by atoms with E-state index >= 15 is 0 Å². The smallest absolute Gasteiger partial charge is 0.310 e. The van der Waals surface area contributed by atoms with Crippen LogP contribution in [-0.4, -0.2) is 69.8 Å². The largest absolute Gasteiger partial charge is 0.328 e. The van der Waals surface area contributed by atoms with Crippen LogP contribution in [0.2, 0.25) is 0 Å². The third-order valence-corrected chi connectivity index (χ3v) is 5.00. The van der Waals surface area contributed by atoms with Gasteiger partial charge in [-0.3, -0.25) is 9.69 Å². The first kappa shape index (κ1) is 15.7. The number of benzene rings is 1. The number of carbonyl (C=O) groups excluding carboxylic acids is 2. The normalized spacial score (nSPS) is 25.2. The van der Waals surface area contributed by atoms with Crippen LogP contribution in [0, 0.1) is 0 Å². The Balaban J connectivity index is 1.76. The van der Waals surface area contributed by atoms with Gasteiger partial charge in [0.1, 0.15) is 0 Å². The van der Waals surface area contributed by atoms with E-state index in [4.69, 9.17) is 4.99 Å². The third-order valence-electron chi connectivity index (χ3n) is 5.00. The van der Waals surface area contributed by atoms with Gasteiger partial charge in [0, 0.05) is 26.3 Å². The van der Waals surface area contributed by atoms with Gasteiger partial charge in [-0.15, -0.1) is 0 Å². The van der Waals surface area contributed by atoms with Crippen LogP contribution in [0.1, 0.15) is 19.4 Å². The zero-order valence-electron chi connectivity index (χ0n) is 14.6. The number of hydrogen-bond donors (Lipinski definition) is 0. The molecule has 3 amide bonds. The maximum absolute atomic E-state index is 12.9. The van der Waals surface area contributed by atoms with Crippen molar-refractivity contribution in [2.24, 2.45) is 4.99 Å². The second-order valence-electron chi connectivity index (χ2n) is 6.30. The Hall–Kier alpha value is -2.83. The molecule has 3 aliphatic rings. The van der Waals surface area contributed by atoms with Crippen LogP contribution in [0.4, 0.5) is 4.79 Å².